The molecule has 4 aliphatic carbocycles. The molecule has 5 rings (SSSR count). The number of hydrogen-bond donors (Lipinski definition) is 1. The molecule has 5 aliphatic rings. The van der Waals surface area contributed by atoms with E-state index in [4.69, 9.17) is 10.1 Å². The second-order valence-electron chi connectivity index (χ2n) is 9.00. The Bertz CT molecular complexity index is 677. The fourth-order valence-electron chi connectivity index (χ4n) is 7.14. The predicted octanol–water partition coefficient (Wildman–Crippen LogP) is 4.43. The van der Waals surface area contributed by atoms with Crippen molar-refractivity contribution in [1.29, 1.82) is 5.41 Å². The van der Waals surface area contributed by atoms with Gasteiger partial charge in [-0.3, -0.25) is 0 Å². The minimum atomic E-state index is -0.315. The summed E-state index contributed by atoms with van der Waals surface area (Å²) in [5.41, 5.74) is 2.21. The molecule has 3 nitrogen and oxygen atoms in total. The lowest BCUT2D eigenvalue weighted by molar-refractivity contribution is -0.161. The minimum Gasteiger partial charge on any atom is -0.451 e. The molecule has 0 aromatic rings. The van der Waals surface area contributed by atoms with Gasteiger partial charge in [-0.05, 0) is 87.2 Å². The Labute approximate surface area is 144 Å². The van der Waals surface area contributed by atoms with Crippen molar-refractivity contribution in [3.8, 4) is 0 Å². The van der Waals surface area contributed by atoms with Crippen molar-refractivity contribution in [2.24, 2.45) is 29.1 Å². The number of hydrogen-bond acceptors (Lipinski definition) is 3. The molecule has 0 amide bonds. The molecule has 0 aromatic carbocycles. The molecule has 1 spiro atoms. The molecule has 0 aromatic heterocycles. The summed E-state index contributed by atoms with van der Waals surface area (Å²) < 4.78 is 5.89. The fourth-order valence-corrected chi connectivity index (χ4v) is 7.14. The summed E-state index contributed by atoms with van der Waals surface area (Å²) in [6.45, 7) is 2.39. The van der Waals surface area contributed by atoms with Crippen LogP contribution < -0.4 is 0 Å². The Hall–Kier alpha value is -1.38. The number of fused-ring (bicyclic) bond motifs is 6. The molecular weight excluding hydrogens is 298 g/mol. The van der Waals surface area contributed by atoms with Crippen molar-refractivity contribution in [2.75, 3.05) is 0 Å². The first-order chi connectivity index (χ1) is 11.5. The van der Waals surface area contributed by atoms with Crippen LogP contribution in [0.5, 0.6) is 0 Å². The normalized spacial score (nSPS) is 49.5. The maximum atomic E-state index is 11.8. The summed E-state index contributed by atoms with van der Waals surface area (Å²) >= 11 is 0. The Balaban J connectivity index is 1.47. The zero-order valence-electron chi connectivity index (χ0n) is 14.5. The van der Waals surface area contributed by atoms with Crippen molar-refractivity contribution < 1.29 is 9.53 Å². The third-order valence-corrected chi connectivity index (χ3v) is 8.29. The van der Waals surface area contributed by atoms with Crippen molar-refractivity contribution in [1.82, 2.24) is 0 Å². The molecule has 6 atom stereocenters. The van der Waals surface area contributed by atoms with Gasteiger partial charge >= 0.3 is 5.97 Å². The topological polar surface area (TPSA) is 50.2 Å². The standard InChI is InChI=1S/C21H27NO2/c1-20-9-6-16-15-5-3-14(22)12-13(15)2-4-17(16)18(20)7-10-21(20)11-8-19(23)24-21/h8,11-12,15-18,22H,2-7,9-10H2,1H3/t15-,16?,17?,18?,20-,21+/m0/s1. The van der Waals surface area contributed by atoms with E-state index in [2.05, 4.69) is 19.1 Å². The average Bonchev–Trinajstić information content (AvgIpc) is 3.08. The van der Waals surface area contributed by atoms with Gasteiger partial charge in [0.05, 0.1) is 0 Å². The van der Waals surface area contributed by atoms with Gasteiger partial charge in [0.25, 0.3) is 0 Å². The molecule has 24 heavy (non-hydrogen) atoms. The van der Waals surface area contributed by atoms with E-state index in [1.54, 1.807) is 11.6 Å². The molecule has 3 fully saturated rings. The van der Waals surface area contributed by atoms with Crippen LogP contribution in [0.3, 0.4) is 0 Å². The van der Waals surface area contributed by atoms with Crippen LogP contribution in [0.4, 0.5) is 0 Å². The molecule has 1 N–H and O–H groups in total. The highest BCUT2D eigenvalue weighted by Gasteiger charge is 2.64. The monoisotopic (exact) mass is 325 g/mol. The van der Waals surface area contributed by atoms with Crippen LogP contribution in [0, 0.1) is 34.5 Å². The maximum absolute atomic E-state index is 11.8. The molecule has 1 heterocycles. The van der Waals surface area contributed by atoms with Crippen LogP contribution in [0.25, 0.3) is 0 Å². The number of allylic oxidation sites excluding steroid dienone is 2. The van der Waals surface area contributed by atoms with Crippen LogP contribution >= 0.6 is 0 Å². The molecule has 3 unspecified atom stereocenters. The molecule has 0 bridgehead atoms. The fraction of sp³-hybridized carbons (Fsp3) is 0.714. The van der Waals surface area contributed by atoms with Gasteiger partial charge in [-0.1, -0.05) is 12.5 Å². The minimum absolute atomic E-state index is 0.124. The van der Waals surface area contributed by atoms with Gasteiger partial charge < -0.3 is 10.1 Å². The Morgan fingerprint density at radius 3 is 2.79 bits per heavy atom. The summed E-state index contributed by atoms with van der Waals surface area (Å²) in [4.78, 5) is 11.8. The Morgan fingerprint density at radius 1 is 1.12 bits per heavy atom. The number of ether oxygens (including phenoxy) is 1. The highest BCUT2D eigenvalue weighted by Crippen LogP contribution is 2.66. The zero-order valence-corrected chi connectivity index (χ0v) is 14.5. The first-order valence-corrected chi connectivity index (χ1v) is 9.72. The van der Waals surface area contributed by atoms with Gasteiger partial charge in [0.1, 0.15) is 5.60 Å². The lowest BCUT2D eigenvalue weighted by Gasteiger charge is -2.55. The largest absolute Gasteiger partial charge is 0.451 e. The second kappa shape index (κ2) is 4.83. The van der Waals surface area contributed by atoms with Crippen LogP contribution in [0.1, 0.15) is 58.3 Å². The quantitative estimate of drug-likeness (QED) is 0.670. The van der Waals surface area contributed by atoms with Gasteiger partial charge in [0.15, 0.2) is 0 Å². The zero-order chi connectivity index (χ0) is 16.5. The van der Waals surface area contributed by atoms with Crippen molar-refractivity contribution in [2.45, 2.75) is 63.9 Å². The van der Waals surface area contributed by atoms with Gasteiger partial charge in [-0.2, -0.15) is 0 Å². The third kappa shape index (κ3) is 1.79. The summed E-state index contributed by atoms with van der Waals surface area (Å²) in [6.07, 6.45) is 15.2. The van der Waals surface area contributed by atoms with Crippen LogP contribution in [0.2, 0.25) is 0 Å². The van der Waals surface area contributed by atoms with E-state index in [-0.39, 0.29) is 17.0 Å². The lowest BCUT2D eigenvalue weighted by atomic mass is 9.50. The molecule has 0 saturated heterocycles. The molecule has 3 saturated carbocycles. The van der Waals surface area contributed by atoms with Gasteiger partial charge in [-0.25, -0.2) is 4.79 Å². The summed E-state index contributed by atoms with van der Waals surface area (Å²) in [6, 6.07) is 0. The van der Waals surface area contributed by atoms with Crippen LogP contribution in [-0.4, -0.2) is 17.3 Å². The first-order valence-electron chi connectivity index (χ1n) is 9.72. The number of carbonyl (C=O) groups excluding carboxylic acids is 1. The van der Waals surface area contributed by atoms with Gasteiger partial charge in [-0.15, -0.1) is 0 Å². The highest BCUT2D eigenvalue weighted by atomic mass is 16.6. The van der Waals surface area contributed by atoms with Crippen molar-refractivity contribution in [3.05, 3.63) is 23.8 Å². The smallest absolute Gasteiger partial charge is 0.331 e. The third-order valence-electron chi connectivity index (χ3n) is 8.29. The van der Waals surface area contributed by atoms with E-state index < -0.39 is 0 Å². The van der Waals surface area contributed by atoms with E-state index in [9.17, 15) is 4.79 Å². The molecule has 3 heteroatoms. The van der Waals surface area contributed by atoms with E-state index in [1.807, 2.05) is 0 Å². The van der Waals surface area contributed by atoms with Gasteiger partial charge in [0.2, 0.25) is 0 Å². The van der Waals surface area contributed by atoms with Gasteiger partial charge in [0, 0.05) is 17.2 Å². The average molecular weight is 325 g/mol. The molecule has 128 valence electrons. The number of nitrogens with one attached hydrogen (secondary N) is 1. The maximum Gasteiger partial charge on any atom is 0.331 e. The molecule has 1 aliphatic heterocycles. The number of carbonyl (C=O) groups is 1. The summed E-state index contributed by atoms with van der Waals surface area (Å²) in [5, 5.41) is 7.99. The summed E-state index contributed by atoms with van der Waals surface area (Å²) in [5.74, 6) is 2.85. The second-order valence-corrected chi connectivity index (χ2v) is 9.00. The summed E-state index contributed by atoms with van der Waals surface area (Å²) in [7, 11) is 0. The highest BCUT2D eigenvalue weighted by molar-refractivity contribution is 5.93. The lowest BCUT2D eigenvalue weighted by Crippen LogP contribution is -2.52. The molecular formula is C21H27NO2. The number of esters is 1. The van der Waals surface area contributed by atoms with E-state index in [1.165, 1.54) is 38.5 Å². The van der Waals surface area contributed by atoms with Crippen molar-refractivity contribution >= 4 is 11.7 Å². The van der Waals surface area contributed by atoms with E-state index >= 15 is 0 Å². The molecule has 0 radical (unpaired) electrons. The van der Waals surface area contributed by atoms with Crippen LogP contribution in [-0.2, 0) is 9.53 Å². The Kier molecular flexibility index (Phi) is 3.00. The van der Waals surface area contributed by atoms with E-state index in [0.717, 1.165) is 36.3 Å². The first kappa shape index (κ1) is 14.9. The van der Waals surface area contributed by atoms with Crippen molar-refractivity contribution in [3.63, 3.8) is 0 Å². The van der Waals surface area contributed by atoms with Crippen LogP contribution in [0.15, 0.2) is 23.8 Å². The van der Waals surface area contributed by atoms with E-state index in [0.29, 0.717) is 5.92 Å². The number of rotatable bonds is 0. The predicted molar refractivity (Wildman–Crippen MR) is 92.8 cm³/mol. The Morgan fingerprint density at radius 2 is 2.00 bits per heavy atom. The SMILES string of the molecule is C[C@]12CCC3C(CCC4=CC(=N)CC[C@@H]43)C1CC[C@@]21C=CC(=O)O1.